The number of nitro groups is 1. The van der Waals surface area contributed by atoms with Crippen molar-refractivity contribution in [1.82, 2.24) is 15.5 Å². The van der Waals surface area contributed by atoms with Gasteiger partial charge in [0, 0.05) is 22.8 Å². The monoisotopic (exact) mass is 372 g/mol. The molecule has 0 saturated heterocycles. The molecule has 1 amide bonds. The fourth-order valence-electron chi connectivity index (χ4n) is 2.34. The minimum atomic E-state index is -0.494. The summed E-state index contributed by atoms with van der Waals surface area (Å²) in [5, 5.41) is 17.8. The van der Waals surface area contributed by atoms with Crippen LogP contribution in [0.5, 0.6) is 0 Å². The van der Waals surface area contributed by atoms with E-state index >= 15 is 0 Å². The van der Waals surface area contributed by atoms with Gasteiger partial charge in [-0.15, -0.1) is 0 Å². The lowest BCUT2D eigenvalue weighted by molar-refractivity contribution is -0.385. The number of hydrogen-bond acceptors (Lipinski definition) is 6. The van der Waals surface area contributed by atoms with Crippen molar-refractivity contribution in [1.29, 1.82) is 0 Å². The summed E-state index contributed by atoms with van der Waals surface area (Å²) >= 11 is 6.09. The van der Waals surface area contributed by atoms with Gasteiger partial charge >= 0.3 is 0 Å². The van der Waals surface area contributed by atoms with E-state index in [4.69, 9.17) is 16.1 Å². The number of nitro benzene ring substituents is 1. The summed E-state index contributed by atoms with van der Waals surface area (Å²) in [4.78, 5) is 26.7. The summed E-state index contributed by atoms with van der Waals surface area (Å²) in [6, 6.07) is 11.2. The van der Waals surface area contributed by atoms with Gasteiger partial charge in [0.25, 0.3) is 11.6 Å². The molecule has 1 heterocycles. The van der Waals surface area contributed by atoms with Crippen molar-refractivity contribution in [2.45, 2.75) is 13.5 Å². The minimum Gasteiger partial charge on any atom is -0.343 e. The summed E-state index contributed by atoms with van der Waals surface area (Å²) in [6.07, 6.45) is 0. The Morgan fingerprint density at radius 2 is 2.08 bits per heavy atom. The first-order valence-electron chi connectivity index (χ1n) is 7.56. The third kappa shape index (κ3) is 3.70. The highest BCUT2D eigenvalue weighted by atomic mass is 35.5. The molecule has 3 aromatic rings. The number of carbonyl (C=O) groups excluding carboxylic acids is 1. The van der Waals surface area contributed by atoms with E-state index < -0.39 is 10.8 Å². The Hall–Kier alpha value is -3.26. The number of benzene rings is 2. The average Bonchev–Trinajstić information content (AvgIpc) is 3.08. The molecule has 0 atom stereocenters. The van der Waals surface area contributed by atoms with E-state index in [1.807, 2.05) is 0 Å². The van der Waals surface area contributed by atoms with Crippen molar-refractivity contribution in [3.63, 3.8) is 0 Å². The molecule has 0 spiro atoms. The van der Waals surface area contributed by atoms with Crippen LogP contribution < -0.4 is 5.32 Å². The number of nitrogens with one attached hydrogen (secondary N) is 1. The lowest BCUT2D eigenvalue weighted by atomic mass is 10.1. The summed E-state index contributed by atoms with van der Waals surface area (Å²) in [7, 11) is 0. The summed E-state index contributed by atoms with van der Waals surface area (Å²) in [6.45, 7) is 1.59. The van der Waals surface area contributed by atoms with E-state index in [0.29, 0.717) is 27.5 Å². The molecule has 0 aliphatic rings. The van der Waals surface area contributed by atoms with Crippen molar-refractivity contribution < 1.29 is 14.2 Å². The molecule has 0 radical (unpaired) electrons. The highest BCUT2D eigenvalue weighted by Gasteiger charge is 2.15. The molecule has 1 aromatic heterocycles. The van der Waals surface area contributed by atoms with E-state index in [-0.39, 0.29) is 18.1 Å². The van der Waals surface area contributed by atoms with Crippen LogP contribution in [0.25, 0.3) is 11.4 Å². The zero-order chi connectivity index (χ0) is 18.7. The number of carbonyl (C=O) groups is 1. The Labute approximate surface area is 152 Å². The van der Waals surface area contributed by atoms with Crippen molar-refractivity contribution >= 4 is 23.2 Å². The Bertz CT molecular complexity index is 986. The summed E-state index contributed by atoms with van der Waals surface area (Å²) in [5.41, 5.74) is 1.30. The molecule has 0 saturated carbocycles. The van der Waals surface area contributed by atoms with Crippen LogP contribution in [0.2, 0.25) is 5.02 Å². The fraction of sp³-hybridized carbons (Fsp3) is 0.118. The van der Waals surface area contributed by atoms with Crippen LogP contribution in [-0.4, -0.2) is 21.0 Å². The topological polar surface area (TPSA) is 111 Å². The van der Waals surface area contributed by atoms with Crippen molar-refractivity contribution in [2.24, 2.45) is 0 Å². The molecule has 132 valence electrons. The van der Waals surface area contributed by atoms with E-state index in [0.717, 1.165) is 0 Å². The zero-order valence-electron chi connectivity index (χ0n) is 13.6. The second-order valence-electron chi connectivity index (χ2n) is 5.43. The van der Waals surface area contributed by atoms with Gasteiger partial charge in [0.05, 0.1) is 16.5 Å². The number of nitrogens with zero attached hydrogens (tertiary/aromatic N) is 3. The number of aryl methyl sites for hydroxylation is 1. The van der Waals surface area contributed by atoms with Gasteiger partial charge in [0.15, 0.2) is 0 Å². The van der Waals surface area contributed by atoms with Gasteiger partial charge in [0.2, 0.25) is 11.7 Å². The smallest absolute Gasteiger partial charge is 0.272 e. The third-order valence-corrected chi connectivity index (χ3v) is 3.97. The van der Waals surface area contributed by atoms with Crippen LogP contribution in [0.4, 0.5) is 5.69 Å². The zero-order valence-corrected chi connectivity index (χ0v) is 14.4. The first-order chi connectivity index (χ1) is 12.5. The van der Waals surface area contributed by atoms with Crippen LogP contribution >= 0.6 is 11.6 Å². The van der Waals surface area contributed by atoms with Gasteiger partial charge in [0.1, 0.15) is 0 Å². The minimum absolute atomic E-state index is 0.0202. The van der Waals surface area contributed by atoms with Crippen LogP contribution in [0.1, 0.15) is 21.8 Å². The molecular weight excluding hydrogens is 360 g/mol. The first kappa shape index (κ1) is 17.6. The molecule has 2 aromatic carbocycles. The predicted molar refractivity (Wildman–Crippen MR) is 93.7 cm³/mol. The Kier molecular flexibility index (Phi) is 4.94. The van der Waals surface area contributed by atoms with Gasteiger partial charge in [-0.05, 0) is 31.2 Å². The molecule has 0 aliphatic carbocycles. The first-order valence-corrected chi connectivity index (χ1v) is 7.94. The molecule has 26 heavy (non-hydrogen) atoms. The number of halogens is 1. The number of hydrogen-bond donors (Lipinski definition) is 1. The third-order valence-electron chi connectivity index (χ3n) is 3.64. The van der Waals surface area contributed by atoms with E-state index in [9.17, 15) is 14.9 Å². The van der Waals surface area contributed by atoms with Crippen molar-refractivity contribution in [2.75, 3.05) is 0 Å². The maximum Gasteiger partial charge on any atom is 0.272 e. The molecule has 3 rings (SSSR count). The maximum absolute atomic E-state index is 12.2. The maximum atomic E-state index is 12.2. The molecule has 0 fully saturated rings. The second-order valence-corrected chi connectivity index (χ2v) is 5.84. The van der Waals surface area contributed by atoms with E-state index in [1.54, 1.807) is 31.2 Å². The van der Waals surface area contributed by atoms with Crippen LogP contribution in [0.3, 0.4) is 0 Å². The number of rotatable bonds is 5. The average molecular weight is 373 g/mol. The van der Waals surface area contributed by atoms with Crippen LogP contribution in [-0.2, 0) is 6.54 Å². The molecule has 0 unspecified atom stereocenters. The Balaban J connectivity index is 1.68. The standard InChI is InChI=1S/C17H13ClN4O4/c1-10-8-11(6-7-14(10)22(24)25)17(23)19-9-15-20-16(21-26-15)12-4-2-3-5-13(12)18/h2-8H,9H2,1H3,(H,19,23). The molecule has 1 N–H and O–H groups in total. The highest BCUT2D eigenvalue weighted by Crippen LogP contribution is 2.24. The number of aromatic nitrogens is 2. The summed E-state index contributed by atoms with van der Waals surface area (Å²) < 4.78 is 5.11. The van der Waals surface area contributed by atoms with Crippen molar-refractivity contribution in [3.8, 4) is 11.4 Å². The SMILES string of the molecule is Cc1cc(C(=O)NCc2nc(-c3ccccc3Cl)no2)ccc1[N+](=O)[O-]. The van der Waals surface area contributed by atoms with Crippen molar-refractivity contribution in [3.05, 3.63) is 74.6 Å². The Morgan fingerprint density at radius 1 is 1.31 bits per heavy atom. The van der Waals surface area contributed by atoms with Crippen LogP contribution in [0.15, 0.2) is 47.0 Å². The lowest BCUT2D eigenvalue weighted by Gasteiger charge is -2.04. The molecule has 8 nitrogen and oxygen atoms in total. The number of amides is 1. The Morgan fingerprint density at radius 3 is 2.77 bits per heavy atom. The van der Waals surface area contributed by atoms with E-state index in [1.165, 1.54) is 18.2 Å². The van der Waals surface area contributed by atoms with Gasteiger partial charge < -0.3 is 9.84 Å². The summed E-state index contributed by atoms with van der Waals surface area (Å²) in [5.74, 6) is 0.137. The normalized spacial score (nSPS) is 10.5. The fourth-order valence-corrected chi connectivity index (χ4v) is 2.56. The van der Waals surface area contributed by atoms with Gasteiger partial charge in [-0.3, -0.25) is 14.9 Å². The molecule has 0 bridgehead atoms. The molecule has 9 heteroatoms. The highest BCUT2D eigenvalue weighted by molar-refractivity contribution is 6.33. The predicted octanol–water partition coefficient (Wildman–Crippen LogP) is 3.54. The largest absolute Gasteiger partial charge is 0.343 e. The molecular formula is C17H13ClN4O4. The van der Waals surface area contributed by atoms with Gasteiger partial charge in [-0.25, -0.2) is 0 Å². The quantitative estimate of drug-likeness (QED) is 0.541. The lowest BCUT2D eigenvalue weighted by Crippen LogP contribution is -2.23. The van der Waals surface area contributed by atoms with Gasteiger partial charge in [-0.2, -0.15) is 4.98 Å². The van der Waals surface area contributed by atoms with E-state index in [2.05, 4.69) is 15.5 Å². The second kappa shape index (κ2) is 7.32. The molecule has 0 aliphatic heterocycles. The van der Waals surface area contributed by atoms with Crippen LogP contribution in [0, 0.1) is 17.0 Å². The van der Waals surface area contributed by atoms with Gasteiger partial charge in [-0.1, -0.05) is 28.9 Å².